The van der Waals surface area contributed by atoms with E-state index in [2.05, 4.69) is 15.0 Å². The van der Waals surface area contributed by atoms with Crippen molar-refractivity contribution in [2.75, 3.05) is 24.7 Å². The van der Waals surface area contributed by atoms with Crippen LogP contribution in [0.5, 0.6) is 5.75 Å². The summed E-state index contributed by atoms with van der Waals surface area (Å²) < 4.78 is 90.6. The van der Waals surface area contributed by atoms with Crippen LogP contribution in [0.1, 0.15) is 44.6 Å². The Morgan fingerprint density at radius 1 is 1.26 bits per heavy atom. The van der Waals surface area contributed by atoms with E-state index < -0.39 is 51.7 Å². The molecule has 3 fully saturated rings. The maximum absolute atomic E-state index is 15.8. The topological polar surface area (TPSA) is 120 Å². The van der Waals surface area contributed by atoms with Crippen LogP contribution in [0.3, 0.4) is 0 Å². The third-order valence-corrected chi connectivity index (χ3v) is 8.97. The standard InChI is InChI=1S/C25H31F4N3O5S/c1-24(7-10-38(34,35)14-24)32-22(33)16-12-19(31-17-5-8-36-9-6-17)20(25(28,29)13-16)21(30)15-3-2-4-18(11-15)37-23(26)27/h2-4,11,16-17,23H,5-10,12-14,30H2,1H3,(H,32,33)/b21-20+,31-19?/t16?,24-/m0/s1. The van der Waals surface area contributed by atoms with E-state index >= 15 is 8.78 Å². The lowest BCUT2D eigenvalue weighted by molar-refractivity contribution is -0.129. The molecule has 0 radical (unpaired) electrons. The minimum atomic E-state index is -3.57. The number of sulfone groups is 1. The second kappa shape index (κ2) is 10.8. The third-order valence-electron chi connectivity index (χ3n) is 7.06. The molecule has 38 heavy (non-hydrogen) atoms. The zero-order chi connectivity index (χ0) is 27.7. The van der Waals surface area contributed by atoms with Crippen molar-refractivity contribution in [2.24, 2.45) is 16.6 Å². The minimum Gasteiger partial charge on any atom is -0.435 e. The van der Waals surface area contributed by atoms with Gasteiger partial charge in [-0.25, -0.2) is 17.2 Å². The maximum Gasteiger partial charge on any atom is 0.387 e. The third kappa shape index (κ3) is 6.66. The first-order valence-corrected chi connectivity index (χ1v) is 14.2. The lowest BCUT2D eigenvalue weighted by Crippen LogP contribution is -2.52. The zero-order valence-corrected chi connectivity index (χ0v) is 21.7. The highest BCUT2D eigenvalue weighted by molar-refractivity contribution is 7.91. The highest BCUT2D eigenvalue weighted by Gasteiger charge is 2.49. The van der Waals surface area contributed by atoms with Crippen LogP contribution in [-0.4, -0.2) is 68.9 Å². The Hall–Kier alpha value is -2.67. The van der Waals surface area contributed by atoms with Crippen molar-refractivity contribution < 1.29 is 40.2 Å². The number of ether oxygens (including phenoxy) is 2. The molecule has 1 aliphatic carbocycles. The van der Waals surface area contributed by atoms with Gasteiger partial charge in [0.1, 0.15) is 5.75 Å². The minimum absolute atomic E-state index is 0.0322. The summed E-state index contributed by atoms with van der Waals surface area (Å²) in [5, 5.41) is 2.68. The zero-order valence-electron chi connectivity index (χ0n) is 20.9. The SMILES string of the molecule is C[C@]1(NC(=O)C2CC(=NC3CCOCC3)/C(=C(\N)c3cccc(OC(F)F)c3)C(F)(F)C2)CCS(=O)(=O)C1. The summed E-state index contributed by atoms with van der Waals surface area (Å²) in [6.45, 7) is -0.686. The van der Waals surface area contributed by atoms with E-state index in [9.17, 15) is 22.0 Å². The van der Waals surface area contributed by atoms with E-state index in [1.807, 2.05) is 0 Å². The van der Waals surface area contributed by atoms with E-state index in [0.717, 1.165) is 6.07 Å². The van der Waals surface area contributed by atoms with Gasteiger partial charge in [0, 0.05) is 43.2 Å². The molecular weight excluding hydrogens is 530 g/mol. The number of carbonyl (C=O) groups is 1. The van der Waals surface area contributed by atoms with Gasteiger partial charge in [-0.15, -0.1) is 0 Å². The molecule has 2 atom stereocenters. The van der Waals surface area contributed by atoms with Crippen LogP contribution in [0.25, 0.3) is 5.70 Å². The van der Waals surface area contributed by atoms with Crippen LogP contribution in [-0.2, 0) is 19.4 Å². The van der Waals surface area contributed by atoms with Crippen LogP contribution in [0.2, 0.25) is 0 Å². The second-order valence-corrected chi connectivity index (χ2v) is 12.5. The van der Waals surface area contributed by atoms with E-state index in [1.54, 1.807) is 6.92 Å². The summed E-state index contributed by atoms with van der Waals surface area (Å²) in [7, 11) is -3.32. The molecule has 1 amide bonds. The van der Waals surface area contributed by atoms with Gasteiger partial charge in [0.25, 0.3) is 5.92 Å². The highest BCUT2D eigenvalue weighted by Crippen LogP contribution is 2.43. The number of hydrogen-bond acceptors (Lipinski definition) is 7. The molecule has 0 spiro atoms. The Kier molecular flexibility index (Phi) is 8.08. The van der Waals surface area contributed by atoms with Crippen LogP contribution in [0.15, 0.2) is 34.8 Å². The second-order valence-electron chi connectivity index (χ2n) is 10.3. The van der Waals surface area contributed by atoms with Crippen molar-refractivity contribution >= 4 is 27.2 Å². The molecule has 0 aromatic heterocycles. The van der Waals surface area contributed by atoms with Crippen molar-refractivity contribution in [2.45, 2.75) is 63.1 Å². The Balaban J connectivity index is 1.68. The van der Waals surface area contributed by atoms with E-state index in [1.165, 1.54) is 18.2 Å². The molecule has 3 N–H and O–H groups in total. The van der Waals surface area contributed by atoms with Crippen molar-refractivity contribution in [1.29, 1.82) is 0 Å². The molecule has 1 saturated carbocycles. The fourth-order valence-corrected chi connectivity index (χ4v) is 7.31. The Bertz CT molecular complexity index is 1230. The van der Waals surface area contributed by atoms with Crippen molar-refractivity contribution in [3.05, 3.63) is 35.4 Å². The first kappa shape index (κ1) is 28.3. The number of nitrogens with zero attached hydrogens (tertiary/aromatic N) is 1. The maximum atomic E-state index is 15.8. The monoisotopic (exact) mass is 561 g/mol. The number of allylic oxidation sites excluding steroid dienone is 1. The fraction of sp³-hybridized carbons (Fsp3) is 0.600. The number of carbonyl (C=O) groups excluding carboxylic acids is 1. The summed E-state index contributed by atoms with van der Waals surface area (Å²) in [6.07, 6.45) is 0.213. The fourth-order valence-electron chi connectivity index (χ4n) is 5.21. The van der Waals surface area contributed by atoms with E-state index in [-0.39, 0.29) is 53.1 Å². The van der Waals surface area contributed by atoms with Crippen LogP contribution < -0.4 is 15.8 Å². The summed E-state index contributed by atoms with van der Waals surface area (Å²) >= 11 is 0. The molecule has 0 bridgehead atoms. The van der Waals surface area contributed by atoms with E-state index in [4.69, 9.17) is 10.5 Å². The molecule has 210 valence electrons. The smallest absolute Gasteiger partial charge is 0.387 e. The Labute approximate surface area is 218 Å². The quantitative estimate of drug-likeness (QED) is 0.515. The molecule has 13 heteroatoms. The Morgan fingerprint density at radius 3 is 2.61 bits per heavy atom. The van der Waals surface area contributed by atoms with Crippen LogP contribution >= 0.6 is 0 Å². The van der Waals surface area contributed by atoms with Gasteiger partial charge in [0.2, 0.25) is 5.91 Å². The number of halogens is 4. The first-order chi connectivity index (χ1) is 17.8. The predicted octanol–water partition coefficient (Wildman–Crippen LogP) is 3.32. The summed E-state index contributed by atoms with van der Waals surface area (Å²) in [4.78, 5) is 17.7. The molecule has 2 heterocycles. The summed E-state index contributed by atoms with van der Waals surface area (Å²) in [5.41, 5.74) is 4.33. The average Bonchev–Trinajstić information content (AvgIpc) is 3.10. The molecule has 1 unspecified atom stereocenters. The molecular formula is C25H31F4N3O5S. The molecule has 1 aromatic rings. The van der Waals surface area contributed by atoms with Gasteiger partial charge in [0.05, 0.1) is 34.4 Å². The Morgan fingerprint density at radius 2 is 1.97 bits per heavy atom. The first-order valence-electron chi connectivity index (χ1n) is 12.4. The number of nitrogens with one attached hydrogen (secondary N) is 1. The molecule has 2 saturated heterocycles. The normalized spacial score (nSPS) is 29.8. The van der Waals surface area contributed by atoms with E-state index in [0.29, 0.717) is 26.1 Å². The van der Waals surface area contributed by atoms with Gasteiger partial charge in [-0.1, -0.05) is 12.1 Å². The summed E-state index contributed by atoms with van der Waals surface area (Å²) in [5.74, 6) is -6.00. The molecule has 1 aromatic carbocycles. The number of benzene rings is 1. The van der Waals surface area contributed by atoms with Crippen LogP contribution in [0.4, 0.5) is 17.6 Å². The van der Waals surface area contributed by atoms with Gasteiger partial charge in [-0.05, 0) is 38.3 Å². The number of nitrogens with two attached hydrogens (primary N) is 1. The molecule has 4 rings (SSSR count). The molecule has 2 aliphatic heterocycles. The largest absolute Gasteiger partial charge is 0.435 e. The van der Waals surface area contributed by atoms with Gasteiger partial charge in [-0.2, -0.15) is 8.78 Å². The average molecular weight is 562 g/mol. The predicted molar refractivity (Wildman–Crippen MR) is 133 cm³/mol. The number of alkyl halides is 4. The molecule has 8 nitrogen and oxygen atoms in total. The molecule has 3 aliphatic rings. The van der Waals surface area contributed by atoms with Gasteiger partial charge in [-0.3, -0.25) is 9.79 Å². The van der Waals surface area contributed by atoms with Crippen LogP contribution in [0, 0.1) is 5.92 Å². The lowest BCUT2D eigenvalue weighted by Gasteiger charge is -2.35. The van der Waals surface area contributed by atoms with Gasteiger partial charge in [0.15, 0.2) is 9.84 Å². The van der Waals surface area contributed by atoms with Gasteiger partial charge >= 0.3 is 6.61 Å². The number of hydrogen-bond donors (Lipinski definition) is 2. The number of amides is 1. The number of rotatable bonds is 6. The van der Waals surface area contributed by atoms with Crippen molar-refractivity contribution in [3.8, 4) is 5.75 Å². The summed E-state index contributed by atoms with van der Waals surface area (Å²) in [6, 6.07) is 4.86. The van der Waals surface area contributed by atoms with Crippen molar-refractivity contribution in [1.82, 2.24) is 5.32 Å². The lowest BCUT2D eigenvalue weighted by atomic mass is 9.78. The van der Waals surface area contributed by atoms with Crippen molar-refractivity contribution in [3.63, 3.8) is 0 Å². The number of aliphatic imine (C=N–C) groups is 1. The van der Waals surface area contributed by atoms with Gasteiger partial charge < -0.3 is 20.5 Å². The highest BCUT2D eigenvalue weighted by atomic mass is 32.2.